The Morgan fingerprint density at radius 1 is 1.08 bits per heavy atom. The number of amides is 2. The molecule has 1 aliphatic heterocycles. The first-order chi connectivity index (χ1) is 11.9. The number of nitrogens with zero attached hydrogens (tertiary/aromatic N) is 2. The first-order valence-corrected chi connectivity index (χ1v) is 7.22. The maximum Gasteiger partial charge on any atom is 0.277 e. The second-order valence-electron chi connectivity index (χ2n) is 5.36. The number of nitrogens with one attached hydrogen (secondary N) is 1. The van der Waals surface area contributed by atoms with E-state index in [1.165, 1.54) is 49.5 Å². The molecule has 2 aromatic carbocycles. The quantitative estimate of drug-likeness (QED) is 0.524. The summed E-state index contributed by atoms with van der Waals surface area (Å²) in [6.07, 6.45) is 0. The van der Waals surface area contributed by atoms with Crippen molar-refractivity contribution >= 4 is 28.8 Å². The van der Waals surface area contributed by atoms with Gasteiger partial charge in [0.1, 0.15) is 11.5 Å². The summed E-state index contributed by atoms with van der Waals surface area (Å²) in [6.45, 7) is 0. The molecule has 0 unspecified atom stereocenters. The largest absolute Gasteiger partial charge is 0.350 e. The second-order valence-corrected chi connectivity index (χ2v) is 5.36. The lowest BCUT2D eigenvalue weighted by Gasteiger charge is -2.08. The smallest absolute Gasteiger partial charge is 0.277 e. The van der Waals surface area contributed by atoms with Gasteiger partial charge in [-0.3, -0.25) is 24.6 Å². The predicted octanol–water partition coefficient (Wildman–Crippen LogP) is 2.56. The molecule has 126 valence electrons. The van der Waals surface area contributed by atoms with Crippen LogP contribution in [-0.4, -0.2) is 28.7 Å². The normalized spacial score (nSPS) is 14.2. The third-order valence-electron chi connectivity index (χ3n) is 3.75. The molecule has 1 N–H and O–H groups in total. The highest BCUT2D eigenvalue weighted by atomic mass is 19.1. The lowest BCUT2D eigenvalue weighted by molar-refractivity contribution is -0.384. The zero-order valence-electron chi connectivity index (χ0n) is 13.0. The summed E-state index contributed by atoms with van der Waals surface area (Å²) in [5, 5.41) is 13.5. The molecule has 25 heavy (non-hydrogen) atoms. The lowest BCUT2D eigenvalue weighted by atomic mass is 10.0. The molecule has 1 aliphatic rings. The van der Waals surface area contributed by atoms with Gasteiger partial charge in [-0.1, -0.05) is 6.07 Å². The summed E-state index contributed by atoms with van der Waals surface area (Å²) < 4.78 is 13.3. The number of hydrogen-bond donors (Lipinski definition) is 1. The zero-order valence-corrected chi connectivity index (χ0v) is 13.0. The highest BCUT2D eigenvalue weighted by Gasteiger charge is 2.36. The molecule has 7 nitrogen and oxygen atoms in total. The summed E-state index contributed by atoms with van der Waals surface area (Å²) in [7, 11) is 1.33. The Bertz CT molecular complexity index is 922. The standard InChI is InChI=1S/C17H12FN3O4/c1-20-16(22)14(10-5-7-13(8-6-10)21(24)25)15(17(20)23)19-12-4-2-3-11(18)9-12/h2-9,19H,1H3. The number of carbonyl (C=O) groups is 2. The van der Waals surface area contributed by atoms with Crippen molar-refractivity contribution in [2.45, 2.75) is 0 Å². The SMILES string of the molecule is CN1C(=O)C(Nc2cccc(F)c2)=C(c2ccc([N+](=O)[O-])cc2)C1=O. The van der Waals surface area contributed by atoms with Crippen LogP contribution in [0.15, 0.2) is 54.2 Å². The third-order valence-corrected chi connectivity index (χ3v) is 3.75. The minimum Gasteiger partial charge on any atom is -0.350 e. The van der Waals surface area contributed by atoms with Gasteiger partial charge in [-0.15, -0.1) is 0 Å². The van der Waals surface area contributed by atoms with Gasteiger partial charge in [0.05, 0.1) is 10.5 Å². The minimum atomic E-state index is -0.567. The fourth-order valence-corrected chi connectivity index (χ4v) is 2.49. The van der Waals surface area contributed by atoms with E-state index in [2.05, 4.69) is 5.32 Å². The number of benzene rings is 2. The number of hydrogen-bond acceptors (Lipinski definition) is 5. The number of carbonyl (C=O) groups excluding carboxylic acids is 2. The number of halogens is 1. The van der Waals surface area contributed by atoms with Gasteiger partial charge >= 0.3 is 0 Å². The van der Waals surface area contributed by atoms with E-state index in [-0.39, 0.29) is 17.0 Å². The maximum absolute atomic E-state index is 13.3. The van der Waals surface area contributed by atoms with Crippen molar-refractivity contribution in [2.75, 3.05) is 12.4 Å². The summed E-state index contributed by atoms with van der Waals surface area (Å²) in [4.78, 5) is 35.9. The number of nitro benzene ring substituents is 1. The van der Waals surface area contributed by atoms with E-state index in [1.807, 2.05) is 0 Å². The molecular formula is C17H12FN3O4. The molecule has 8 heteroatoms. The zero-order chi connectivity index (χ0) is 18.1. The van der Waals surface area contributed by atoms with Crippen LogP contribution in [0.25, 0.3) is 5.57 Å². The molecule has 0 spiro atoms. The molecule has 0 aliphatic carbocycles. The van der Waals surface area contributed by atoms with Crippen LogP contribution < -0.4 is 5.32 Å². The monoisotopic (exact) mass is 341 g/mol. The van der Waals surface area contributed by atoms with Crippen LogP contribution in [0.3, 0.4) is 0 Å². The van der Waals surface area contributed by atoms with Crippen molar-refractivity contribution in [3.63, 3.8) is 0 Å². The van der Waals surface area contributed by atoms with Crippen LogP contribution in [0.1, 0.15) is 5.56 Å². The molecule has 0 aromatic heterocycles. The van der Waals surface area contributed by atoms with Gasteiger partial charge in [0.25, 0.3) is 17.5 Å². The van der Waals surface area contributed by atoms with Crippen LogP contribution in [0.2, 0.25) is 0 Å². The molecule has 0 saturated heterocycles. The van der Waals surface area contributed by atoms with Crippen molar-refractivity contribution in [2.24, 2.45) is 0 Å². The number of rotatable bonds is 4. The van der Waals surface area contributed by atoms with Crippen LogP contribution in [0, 0.1) is 15.9 Å². The number of non-ortho nitro benzene ring substituents is 1. The summed E-state index contributed by atoms with van der Waals surface area (Å²) in [5.41, 5.74) is 0.603. The van der Waals surface area contributed by atoms with Crippen LogP contribution >= 0.6 is 0 Å². The van der Waals surface area contributed by atoms with Gasteiger partial charge < -0.3 is 5.32 Å². The van der Waals surface area contributed by atoms with Crippen LogP contribution in [-0.2, 0) is 9.59 Å². The number of likely N-dealkylation sites (N-methyl/N-ethyl adjacent to an activating group) is 1. The number of nitro groups is 1. The van der Waals surface area contributed by atoms with Crippen LogP contribution in [0.4, 0.5) is 15.8 Å². The topological polar surface area (TPSA) is 92.6 Å². The summed E-state index contributed by atoms with van der Waals surface area (Å²) in [6, 6.07) is 10.8. The number of anilines is 1. The van der Waals surface area contributed by atoms with Crippen molar-refractivity contribution in [3.05, 3.63) is 75.7 Å². The average Bonchev–Trinajstić information content (AvgIpc) is 2.79. The Morgan fingerprint density at radius 2 is 1.76 bits per heavy atom. The van der Waals surface area contributed by atoms with E-state index in [0.29, 0.717) is 11.3 Å². The van der Waals surface area contributed by atoms with Gasteiger partial charge in [-0.05, 0) is 35.9 Å². The second kappa shape index (κ2) is 6.16. The van der Waals surface area contributed by atoms with Gasteiger partial charge in [-0.2, -0.15) is 0 Å². The van der Waals surface area contributed by atoms with Gasteiger partial charge in [-0.25, -0.2) is 4.39 Å². The van der Waals surface area contributed by atoms with E-state index in [1.54, 1.807) is 6.07 Å². The molecular weight excluding hydrogens is 329 g/mol. The summed E-state index contributed by atoms with van der Waals surface area (Å²) in [5.74, 6) is -1.60. The third kappa shape index (κ3) is 2.97. The molecule has 2 amide bonds. The number of imide groups is 1. The Labute approximate surface area is 141 Å². The Balaban J connectivity index is 2.06. The van der Waals surface area contributed by atoms with E-state index in [9.17, 15) is 24.1 Å². The minimum absolute atomic E-state index is 0.00745. The van der Waals surface area contributed by atoms with Crippen molar-refractivity contribution < 1.29 is 18.9 Å². The van der Waals surface area contributed by atoms with E-state index in [0.717, 1.165) is 4.90 Å². The molecule has 1 heterocycles. The van der Waals surface area contributed by atoms with E-state index < -0.39 is 22.6 Å². The molecule has 0 saturated carbocycles. The Hall–Kier alpha value is -3.55. The first-order valence-electron chi connectivity index (χ1n) is 7.22. The molecule has 0 bridgehead atoms. The first kappa shape index (κ1) is 16.3. The Kier molecular flexibility index (Phi) is 4.02. The molecule has 3 rings (SSSR count). The van der Waals surface area contributed by atoms with Crippen molar-refractivity contribution in [3.8, 4) is 0 Å². The molecule has 0 radical (unpaired) electrons. The predicted molar refractivity (Wildman–Crippen MR) is 87.8 cm³/mol. The van der Waals surface area contributed by atoms with Crippen molar-refractivity contribution in [1.29, 1.82) is 0 Å². The maximum atomic E-state index is 13.3. The fourth-order valence-electron chi connectivity index (χ4n) is 2.49. The van der Waals surface area contributed by atoms with Gasteiger partial charge in [0, 0.05) is 24.9 Å². The van der Waals surface area contributed by atoms with Crippen LogP contribution in [0.5, 0.6) is 0 Å². The van der Waals surface area contributed by atoms with Gasteiger partial charge in [0.2, 0.25) is 0 Å². The van der Waals surface area contributed by atoms with Crippen molar-refractivity contribution in [1.82, 2.24) is 4.90 Å². The summed E-state index contributed by atoms with van der Waals surface area (Å²) >= 11 is 0. The highest BCUT2D eigenvalue weighted by Crippen LogP contribution is 2.30. The average molecular weight is 341 g/mol. The van der Waals surface area contributed by atoms with E-state index in [4.69, 9.17) is 0 Å². The highest BCUT2D eigenvalue weighted by molar-refractivity contribution is 6.36. The van der Waals surface area contributed by atoms with Gasteiger partial charge in [0.15, 0.2) is 0 Å². The fraction of sp³-hybridized carbons (Fsp3) is 0.0588. The lowest BCUT2D eigenvalue weighted by Crippen LogP contribution is -2.27. The molecule has 2 aromatic rings. The molecule has 0 fully saturated rings. The van der Waals surface area contributed by atoms with E-state index >= 15 is 0 Å². The Morgan fingerprint density at radius 3 is 2.36 bits per heavy atom. The molecule has 0 atom stereocenters.